The Labute approximate surface area is 154 Å². The lowest BCUT2D eigenvalue weighted by atomic mass is 10.1. The van der Waals surface area contributed by atoms with Gasteiger partial charge in [0.2, 0.25) is 0 Å². The lowest BCUT2D eigenvalue weighted by Gasteiger charge is -2.07. The maximum atomic E-state index is 12.7. The maximum Gasteiger partial charge on any atom is 0.416 e. The van der Waals surface area contributed by atoms with E-state index in [9.17, 15) is 18.0 Å². The molecule has 3 aromatic rings. The third kappa shape index (κ3) is 4.36. The molecular weight excluding hydrogens is 357 g/mol. The molecule has 0 amide bonds. The standard InChI is InChI=1S/C20H17F3N2O2/c1-2-27-19(26)18-12-17(15-8-10-16(11-9-15)20(21,22)23)24-25(18)13-14-6-4-3-5-7-14/h3-12H,2,13H2,1H3. The average Bonchev–Trinajstić information content (AvgIpc) is 3.06. The van der Waals surface area contributed by atoms with Gasteiger partial charge in [-0.25, -0.2) is 4.79 Å². The second kappa shape index (κ2) is 7.65. The zero-order valence-electron chi connectivity index (χ0n) is 14.5. The van der Waals surface area contributed by atoms with Gasteiger partial charge in [0.05, 0.1) is 24.4 Å². The number of carbonyl (C=O) groups excluding carboxylic acids is 1. The molecule has 0 bridgehead atoms. The molecule has 0 radical (unpaired) electrons. The summed E-state index contributed by atoms with van der Waals surface area (Å²) in [5.74, 6) is -0.529. The number of aromatic nitrogens is 2. The fourth-order valence-electron chi connectivity index (χ4n) is 2.63. The summed E-state index contributed by atoms with van der Waals surface area (Å²) >= 11 is 0. The number of rotatable bonds is 5. The molecule has 0 saturated carbocycles. The molecule has 0 aliphatic heterocycles. The number of esters is 1. The summed E-state index contributed by atoms with van der Waals surface area (Å²) in [7, 11) is 0. The van der Waals surface area contributed by atoms with Crippen LogP contribution < -0.4 is 0 Å². The Hall–Kier alpha value is -3.09. The molecule has 0 fully saturated rings. The first-order valence-corrected chi connectivity index (χ1v) is 8.35. The largest absolute Gasteiger partial charge is 0.461 e. The Morgan fingerprint density at radius 2 is 1.74 bits per heavy atom. The van der Waals surface area contributed by atoms with Crippen LogP contribution in [0, 0.1) is 0 Å². The van der Waals surface area contributed by atoms with Crippen LogP contribution in [0.3, 0.4) is 0 Å². The van der Waals surface area contributed by atoms with Crippen molar-refractivity contribution in [1.29, 1.82) is 0 Å². The summed E-state index contributed by atoms with van der Waals surface area (Å²) in [6, 6.07) is 15.6. The Morgan fingerprint density at radius 1 is 1.07 bits per heavy atom. The summed E-state index contributed by atoms with van der Waals surface area (Å²) in [5.41, 5.74) is 1.34. The van der Waals surface area contributed by atoms with Crippen LogP contribution in [0.4, 0.5) is 13.2 Å². The molecule has 4 nitrogen and oxygen atoms in total. The number of hydrogen-bond acceptors (Lipinski definition) is 3. The molecule has 7 heteroatoms. The fraction of sp³-hybridized carbons (Fsp3) is 0.200. The molecule has 2 aromatic carbocycles. The van der Waals surface area contributed by atoms with Crippen LogP contribution in [0.5, 0.6) is 0 Å². The number of nitrogens with zero attached hydrogens (tertiary/aromatic N) is 2. The minimum atomic E-state index is -4.40. The minimum absolute atomic E-state index is 0.213. The lowest BCUT2D eigenvalue weighted by Crippen LogP contribution is -2.14. The van der Waals surface area contributed by atoms with Crippen LogP contribution in [-0.4, -0.2) is 22.4 Å². The molecule has 1 aromatic heterocycles. The molecule has 1 heterocycles. The molecule has 0 N–H and O–H groups in total. The predicted octanol–water partition coefficient (Wildman–Crippen LogP) is 4.79. The second-order valence-corrected chi connectivity index (χ2v) is 5.85. The first kappa shape index (κ1) is 18.7. The van der Waals surface area contributed by atoms with Crippen LogP contribution in [-0.2, 0) is 17.5 Å². The van der Waals surface area contributed by atoms with E-state index in [0.717, 1.165) is 17.7 Å². The van der Waals surface area contributed by atoms with E-state index in [1.54, 1.807) is 6.92 Å². The zero-order valence-corrected chi connectivity index (χ0v) is 14.5. The Kier molecular flexibility index (Phi) is 5.30. The van der Waals surface area contributed by atoms with E-state index >= 15 is 0 Å². The zero-order chi connectivity index (χ0) is 19.4. The van der Waals surface area contributed by atoms with Gasteiger partial charge in [0, 0.05) is 5.56 Å². The van der Waals surface area contributed by atoms with Crippen molar-refractivity contribution in [1.82, 2.24) is 9.78 Å². The van der Waals surface area contributed by atoms with Crippen molar-refractivity contribution in [3.63, 3.8) is 0 Å². The summed E-state index contributed by atoms with van der Waals surface area (Å²) in [4.78, 5) is 12.3. The van der Waals surface area contributed by atoms with Gasteiger partial charge in [-0.3, -0.25) is 4.68 Å². The molecule has 0 unspecified atom stereocenters. The van der Waals surface area contributed by atoms with Crippen LogP contribution in [0.2, 0.25) is 0 Å². The molecule has 0 atom stereocenters. The average molecular weight is 374 g/mol. The normalized spacial score (nSPS) is 11.4. The molecule has 0 aliphatic carbocycles. The van der Waals surface area contributed by atoms with Crippen molar-refractivity contribution in [2.24, 2.45) is 0 Å². The van der Waals surface area contributed by atoms with Gasteiger partial charge in [-0.1, -0.05) is 42.5 Å². The topological polar surface area (TPSA) is 44.1 Å². The van der Waals surface area contributed by atoms with Crippen LogP contribution in [0.25, 0.3) is 11.3 Å². The van der Waals surface area contributed by atoms with Gasteiger partial charge in [-0.05, 0) is 30.7 Å². The van der Waals surface area contributed by atoms with Gasteiger partial charge < -0.3 is 4.74 Å². The van der Waals surface area contributed by atoms with Crippen LogP contribution >= 0.6 is 0 Å². The van der Waals surface area contributed by atoms with E-state index in [1.165, 1.54) is 22.9 Å². The van der Waals surface area contributed by atoms with E-state index in [1.807, 2.05) is 30.3 Å². The first-order chi connectivity index (χ1) is 12.9. The quantitative estimate of drug-likeness (QED) is 0.603. The molecule has 3 rings (SSSR count). The second-order valence-electron chi connectivity index (χ2n) is 5.85. The summed E-state index contributed by atoms with van der Waals surface area (Å²) in [6.07, 6.45) is -4.40. The number of hydrogen-bond donors (Lipinski definition) is 0. The molecule has 0 aliphatic rings. The molecule has 0 saturated heterocycles. The van der Waals surface area contributed by atoms with Gasteiger partial charge in [0.25, 0.3) is 0 Å². The Bertz CT molecular complexity index is 917. The van der Waals surface area contributed by atoms with Crippen molar-refractivity contribution in [3.05, 3.63) is 77.5 Å². The fourth-order valence-corrected chi connectivity index (χ4v) is 2.63. The highest BCUT2D eigenvalue weighted by Crippen LogP contribution is 2.31. The highest BCUT2D eigenvalue weighted by Gasteiger charge is 2.30. The van der Waals surface area contributed by atoms with Crippen molar-refractivity contribution in [3.8, 4) is 11.3 Å². The molecule has 0 spiro atoms. The molecule has 27 heavy (non-hydrogen) atoms. The van der Waals surface area contributed by atoms with Gasteiger partial charge >= 0.3 is 12.1 Å². The van der Waals surface area contributed by atoms with E-state index in [2.05, 4.69) is 5.10 Å². The monoisotopic (exact) mass is 374 g/mol. The van der Waals surface area contributed by atoms with E-state index in [4.69, 9.17) is 4.74 Å². The summed E-state index contributed by atoms with van der Waals surface area (Å²) in [6.45, 7) is 2.26. The predicted molar refractivity (Wildman–Crippen MR) is 94.2 cm³/mol. The van der Waals surface area contributed by atoms with Crippen molar-refractivity contribution in [2.45, 2.75) is 19.6 Å². The highest BCUT2D eigenvalue weighted by molar-refractivity contribution is 5.89. The van der Waals surface area contributed by atoms with Crippen molar-refractivity contribution >= 4 is 5.97 Å². The third-order valence-electron chi connectivity index (χ3n) is 3.95. The number of halogens is 3. The summed E-state index contributed by atoms with van der Waals surface area (Å²) in [5, 5.41) is 4.41. The minimum Gasteiger partial charge on any atom is -0.461 e. The van der Waals surface area contributed by atoms with E-state index in [-0.39, 0.29) is 12.3 Å². The van der Waals surface area contributed by atoms with Gasteiger partial charge in [0.1, 0.15) is 5.69 Å². The van der Waals surface area contributed by atoms with Gasteiger partial charge in [0.15, 0.2) is 0 Å². The highest BCUT2D eigenvalue weighted by atomic mass is 19.4. The van der Waals surface area contributed by atoms with Gasteiger partial charge in [-0.15, -0.1) is 0 Å². The number of alkyl halides is 3. The Balaban J connectivity index is 1.96. The smallest absolute Gasteiger partial charge is 0.416 e. The van der Waals surface area contributed by atoms with Crippen LogP contribution in [0.1, 0.15) is 28.5 Å². The summed E-state index contributed by atoms with van der Waals surface area (Å²) < 4.78 is 44.8. The van der Waals surface area contributed by atoms with E-state index < -0.39 is 17.7 Å². The first-order valence-electron chi connectivity index (χ1n) is 8.35. The SMILES string of the molecule is CCOC(=O)c1cc(-c2ccc(C(F)(F)F)cc2)nn1Cc1ccccc1. The van der Waals surface area contributed by atoms with Crippen LogP contribution in [0.15, 0.2) is 60.7 Å². The number of ether oxygens (including phenoxy) is 1. The van der Waals surface area contributed by atoms with Crippen molar-refractivity contribution < 1.29 is 22.7 Å². The van der Waals surface area contributed by atoms with E-state index in [0.29, 0.717) is 17.8 Å². The maximum absolute atomic E-state index is 12.7. The lowest BCUT2D eigenvalue weighted by molar-refractivity contribution is -0.137. The Morgan fingerprint density at radius 3 is 2.33 bits per heavy atom. The molecular formula is C20H17F3N2O2. The van der Waals surface area contributed by atoms with Gasteiger partial charge in [-0.2, -0.15) is 18.3 Å². The third-order valence-corrected chi connectivity index (χ3v) is 3.95. The molecule has 140 valence electrons. The number of carbonyl (C=O) groups is 1. The van der Waals surface area contributed by atoms with Crippen molar-refractivity contribution in [2.75, 3.05) is 6.61 Å². The number of benzene rings is 2.